The molecule has 0 unspecified atom stereocenters. The Morgan fingerprint density at radius 1 is 0.781 bits per heavy atom. The van der Waals surface area contributed by atoms with E-state index in [0.29, 0.717) is 29.6 Å². The van der Waals surface area contributed by atoms with E-state index in [4.69, 9.17) is 18.9 Å². The zero-order valence-corrected chi connectivity index (χ0v) is 19.4. The number of esters is 1. The smallest absolute Gasteiger partial charge is 0.311 e. The van der Waals surface area contributed by atoms with Crippen molar-refractivity contribution >= 4 is 16.7 Å². The van der Waals surface area contributed by atoms with E-state index in [1.165, 1.54) is 5.56 Å². The maximum atomic E-state index is 12.2. The highest BCUT2D eigenvalue weighted by molar-refractivity contribution is 6.00. The predicted octanol–water partition coefficient (Wildman–Crippen LogP) is 6.33. The Morgan fingerprint density at radius 3 is 2.16 bits per heavy atom. The van der Waals surface area contributed by atoms with Gasteiger partial charge in [-0.2, -0.15) is 0 Å². The molecule has 0 saturated carbocycles. The van der Waals surface area contributed by atoms with Crippen LogP contribution >= 0.6 is 0 Å². The lowest BCUT2D eigenvalue weighted by Gasteiger charge is -2.20. The highest BCUT2D eigenvalue weighted by Crippen LogP contribution is 2.51. The lowest BCUT2D eigenvalue weighted by Crippen LogP contribution is -2.09. The van der Waals surface area contributed by atoms with Gasteiger partial charge in [-0.15, -0.1) is 0 Å². The van der Waals surface area contributed by atoms with Crippen LogP contribution in [0.15, 0.2) is 48.5 Å². The molecule has 0 heterocycles. The summed E-state index contributed by atoms with van der Waals surface area (Å²) >= 11 is 0. The van der Waals surface area contributed by atoms with Gasteiger partial charge in [0.2, 0.25) is 11.5 Å². The molecule has 0 fully saturated rings. The Hall–Kier alpha value is -3.21. The number of fused-ring (bicyclic) bond motifs is 1. The van der Waals surface area contributed by atoms with Crippen LogP contribution in [0.1, 0.15) is 50.7 Å². The molecular formula is C27H32O5. The summed E-state index contributed by atoms with van der Waals surface area (Å²) in [6.07, 6.45) is 4.16. The molecule has 0 aliphatic rings. The van der Waals surface area contributed by atoms with Crippen LogP contribution in [0.25, 0.3) is 10.8 Å². The standard InChI is InChI=1S/C27H32O5/c1-5-7-11-16-31-24-21-15-14-20(17-19-12-9-8-10-13-19)18-22(21)25(32-23(28)6-2)27(30-4)26(24)29-3/h8-10,12-15,18H,5-7,11,16-17H2,1-4H3. The van der Waals surface area contributed by atoms with E-state index in [2.05, 4.69) is 25.1 Å². The van der Waals surface area contributed by atoms with Crippen molar-refractivity contribution in [2.75, 3.05) is 20.8 Å². The fourth-order valence-electron chi connectivity index (χ4n) is 3.70. The Balaban J connectivity index is 2.16. The first-order valence-electron chi connectivity index (χ1n) is 11.2. The summed E-state index contributed by atoms with van der Waals surface area (Å²) < 4.78 is 23.3. The maximum absolute atomic E-state index is 12.2. The summed E-state index contributed by atoms with van der Waals surface area (Å²) in [5.41, 5.74) is 2.30. The fraction of sp³-hybridized carbons (Fsp3) is 0.370. The van der Waals surface area contributed by atoms with Gasteiger partial charge in [-0.3, -0.25) is 4.79 Å². The quantitative estimate of drug-likeness (QED) is 0.200. The SMILES string of the molecule is CCCCCOc1c(OC)c(OC)c(OC(=O)CC)c2cc(Cc3ccccc3)ccc12. The number of hydrogen-bond acceptors (Lipinski definition) is 5. The monoisotopic (exact) mass is 436 g/mol. The molecule has 0 N–H and O–H groups in total. The molecule has 5 nitrogen and oxygen atoms in total. The summed E-state index contributed by atoms with van der Waals surface area (Å²) in [5.74, 6) is 1.44. The summed E-state index contributed by atoms with van der Waals surface area (Å²) in [6.45, 7) is 4.49. The van der Waals surface area contributed by atoms with Gasteiger partial charge in [0.05, 0.1) is 20.8 Å². The molecule has 3 aromatic rings. The average Bonchev–Trinajstić information content (AvgIpc) is 2.82. The molecule has 0 aliphatic heterocycles. The summed E-state index contributed by atoms with van der Waals surface area (Å²) in [7, 11) is 3.11. The Bertz CT molecular complexity index is 1040. The van der Waals surface area contributed by atoms with Gasteiger partial charge >= 0.3 is 5.97 Å². The van der Waals surface area contributed by atoms with Gasteiger partial charge in [0.15, 0.2) is 11.5 Å². The fourth-order valence-corrected chi connectivity index (χ4v) is 3.70. The number of carbonyl (C=O) groups is 1. The van der Waals surface area contributed by atoms with Gasteiger partial charge in [-0.05, 0) is 30.0 Å². The molecule has 170 valence electrons. The molecular weight excluding hydrogens is 404 g/mol. The van der Waals surface area contributed by atoms with E-state index in [1.54, 1.807) is 21.1 Å². The second-order valence-corrected chi connectivity index (χ2v) is 7.65. The molecule has 0 aliphatic carbocycles. The zero-order chi connectivity index (χ0) is 22.9. The molecule has 0 amide bonds. The highest BCUT2D eigenvalue weighted by Gasteiger charge is 2.25. The summed E-state index contributed by atoms with van der Waals surface area (Å²) in [4.78, 5) is 12.2. The van der Waals surface area contributed by atoms with Crippen molar-refractivity contribution in [1.82, 2.24) is 0 Å². The number of benzene rings is 3. The van der Waals surface area contributed by atoms with Crippen molar-refractivity contribution in [3.05, 3.63) is 59.7 Å². The number of ether oxygens (including phenoxy) is 4. The minimum atomic E-state index is -0.336. The van der Waals surface area contributed by atoms with Gasteiger partial charge in [0, 0.05) is 17.2 Å². The van der Waals surface area contributed by atoms with E-state index in [0.717, 1.165) is 42.0 Å². The van der Waals surface area contributed by atoms with Crippen LogP contribution in [0, 0.1) is 0 Å². The second-order valence-electron chi connectivity index (χ2n) is 7.65. The van der Waals surface area contributed by atoms with Crippen LogP contribution in [-0.2, 0) is 11.2 Å². The van der Waals surface area contributed by atoms with Crippen molar-refractivity contribution in [3.8, 4) is 23.0 Å². The highest BCUT2D eigenvalue weighted by atomic mass is 16.6. The molecule has 32 heavy (non-hydrogen) atoms. The molecule has 3 aromatic carbocycles. The first-order valence-corrected chi connectivity index (χ1v) is 11.2. The number of carbonyl (C=O) groups excluding carboxylic acids is 1. The third-order valence-electron chi connectivity index (χ3n) is 5.35. The first kappa shape index (κ1) is 23.5. The third kappa shape index (κ3) is 5.34. The lowest BCUT2D eigenvalue weighted by molar-refractivity contribution is -0.134. The van der Waals surface area contributed by atoms with E-state index in [-0.39, 0.29) is 12.4 Å². The minimum Gasteiger partial charge on any atom is -0.490 e. The largest absolute Gasteiger partial charge is 0.490 e. The topological polar surface area (TPSA) is 54.0 Å². The van der Waals surface area contributed by atoms with Gasteiger partial charge < -0.3 is 18.9 Å². The van der Waals surface area contributed by atoms with Crippen LogP contribution in [0.3, 0.4) is 0 Å². The van der Waals surface area contributed by atoms with Crippen molar-refractivity contribution in [3.63, 3.8) is 0 Å². The van der Waals surface area contributed by atoms with Crippen molar-refractivity contribution in [2.45, 2.75) is 46.0 Å². The Morgan fingerprint density at radius 2 is 1.50 bits per heavy atom. The van der Waals surface area contributed by atoms with Gasteiger partial charge in [0.1, 0.15) is 0 Å². The normalized spacial score (nSPS) is 10.8. The molecule has 0 spiro atoms. The number of unbranched alkanes of at least 4 members (excludes halogenated alkanes) is 2. The van der Waals surface area contributed by atoms with Gasteiger partial charge in [0.25, 0.3) is 0 Å². The van der Waals surface area contributed by atoms with Crippen LogP contribution in [0.5, 0.6) is 23.0 Å². The molecule has 0 aromatic heterocycles. The first-order chi connectivity index (χ1) is 15.6. The van der Waals surface area contributed by atoms with E-state index in [9.17, 15) is 4.79 Å². The predicted molar refractivity (Wildman–Crippen MR) is 127 cm³/mol. The maximum Gasteiger partial charge on any atom is 0.311 e. The zero-order valence-electron chi connectivity index (χ0n) is 19.4. The Labute approximate surface area is 190 Å². The van der Waals surface area contributed by atoms with Crippen LogP contribution < -0.4 is 18.9 Å². The third-order valence-corrected chi connectivity index (χ3v) is 5.35. The minimum absolute atomic E-state index is 0.256. The van der Waals surface area contributed by atoms with Crippen LogP contribution in [-0.4, -0.2) is 26.8 Å². The van der Waals surface area contributed by atoms with Crippen molar-refractivity contribution in [2.24, 2.45) is 0 Å². The second kappa shape index (κ2) is 11.4. The summed E-state index contributed by atoms with van der Waals surface area (Å²) in [6, 6.07) is 16.4. The molecule has 0 radical (unpaired) electrons. The van der Waals surface area contributed by atoms with E-state index in [1.807, 2.05) is 30.3 Å². The number of hydrogen-bond donors (Lipinski definition) is 0. The number of methoxy groups -OCH3 is 2. The van der Waals surface area contributed by atoms with Crippen LogP contribution in [0.4, 0.5) is 0 Å². The van der Waals surface area contributed by atoms with Gasteiger partial charge in [-0.25, -0.2) is 0 Å². The molecule has 3 rings (SSSR count). The van der Waals surface area contributed by atoms with Gasteiger partial charge in [-0.1, -0.05) is 69.2 Å². The van der Waals surface area contributed by atoms with Crippen molar-refractivity contribution in [1.29, 1.82) is 0 Å². The molecule has 0 saturated heterocycles. The van der Waals surface area contributed by atoms with Crippen molar-refractivity contribution < 1.29 is 23.7 Å². The molecule has 0 bridgehead atoms. The van der Waals surface area contributed by atoms with E-state index < -0.39 is 0 Å². The number of rotatable bonds is 11. The van der Waals surface area contributed by atoms with Crippen LogP contribution in [0.2, 0.25) is 0 Å². The molecule has 0 atom stereocenters. The average molecular weight is 437 g/mol. The Kier molecular flexibility index (Phi) is 8.37. The summed E-state index contributed by atoms with van der Waals surface area (Å²) in [5, 5.41) is 1.60. The van der Waals surface area contributed by atoms with E-state index >= 15 is 0 Å². The lowest BCUT2D eigenvalue weighted by atomic mass is 9.99. The molecule has 5 heteroatoms.